The second-order valence-electron chi connectivity index (χ2n) is 19.4. The van der Waals surface area contributed by atoms with Gasteiger partial charge in [0.15, 0.2) is 0 Å². The van der Waals surface area contributed by atoms with Gasteiger partial charge in [-0.25, -0.2) is 0 Å². The van der Waals surface area contributed by atoms with Crippen LogP contribution >= 0.6 is 15.8 Å². The van der Waals surface area contributed by atoms with E-state index in [4.69, 9.17) is 5.73 Å². The van der Waals surface area contributed by atoms with E-state index < -0.39 is 15.8 Å². The fourth-order valence-electron chi connectivity index (χ4n) is 7.03. The number of hydrogen-bond donors (Lipinski definition) is 1. The number of benzene rings is 4. The SMILES string of the molecule is C[C@@H](C[C@H](C)P(c1ccc(C(C)(C)C)cc1)c1ccc(C(C)(C)C)cc1)P(c1ccc(C(C)(C)C)cc1)c1ccc(C(C)(C)C)cc1.NCc1ccccn1.[Ru]. The van der Waals surface area contributed by atoms with Crippen LogP contribution in [0.3, 0.4) is 0 Å². The van der Waals surface area contributed by atoms with Crippen molar-refractivity contribution in [2.24, 2.45) is 5.73 Å². The summed E-state index contributed by atoms with van der Waals surface area (Å²) in [5.74, 6) is 0. The third-order valence-electron chi connectivity index (χ3n) is 10.5. The molecule has 0 spiro atoms. The zero-order valence-corrected chi connectivity index (χ0v) is 40.4. The zero-order valence-electron chi connectivity index (χ0n) is 36.9. The van der Waals surface area contributed by atoms with Crippen molar-refractivity contribution in [1.82, 2.24) is 4.98 Å². The molecule has 5 rings (SSSR count). The van der Waals surface area contributed by atoms with Gasteiger partial charge in [0.05, 0.1) is 5.69 Å². The normalized spacial score (nSPS) is 13.4. The van der Waals surface area contributed by atoms with Crippen molar-refractivity contribution in [1.29, 1.82) is 0 Å². The van der Waals surface area contributed by atoms with Gasteiger partial charge in [-0.3, -0.25) is 4.98 Å². The maximum atomic E-state index is 5.29. The van der Waals surface area contributed by atoms with E-state index in [2.05, 4.69) is 199 Å². The van der Waals surface area contributed by atoms with E-state index in [1.165, 1.54) is 49.9 Å². The Morgan fingerprint density at radius 1 is 0.446 bits per heavy atom. The smallest absolute Gasteiger partial charge is 0.0539 e. The summed E-state index contributed by atoms with van der Waals surface area (Å²) in [7, 11) is -1.07. The van der Waals surface area contributed by atoms with Crippen LogP contribution in [0.5, 0.6) is 0 Å². The molecule has 0 aliphatic rings. The first-order valence-electron chi connectivity index (χ1n) is 20.2. The van der Waals surface area contributed by atoms with E-state index in [0.717, 1.165) is 5.69 Å². The minimum Gasteiger partial charge on any atom is -0.325 e. The third kappa shape index (κ3) is 13.3. The van der Waals surface area contributed by atoms with Gasteiger partial charge in [-0.15, -0.1) is 0 Å². The van der Waals surface area contributed by atoms with Crippen molar-refractivity contribution < 1.29 is 19.5 Å². The second kappa shape index (κ2) is 20.0. The molecule has 302 valence electrons. The second-order valence-corrected chi connectivity index (χ2v) is 24.7. The molecular formula is C51H70N2P2Ru. The van der Waals surface area contributed by atoms with Gasteiger partial charge in [-0.05, 0) is 111 Å². The molecule has 2 nitrogen and oxygen atoms in total. The fourth-order valence-corrected chi connectivity index (χ4v) is 12.8. The minimum atomic E-state index is -0.534. The van der Waals surface area contributed by atoms with Crippen molar-refractivity contribution in [2.45, 2.75) is 143 Å². The molecule has 0 bridgehead atoms. The Hall–Kier alpha value is -2.53. The van der Waals surface area contributed by atoms with E-state index in [-0.39, 0.29) is 41.1 Å². The van der Waals surface area contributed by atoms with Crippen LogP contribution in [0.25, 0.3) is 0 Å². The Balaban J connectivity index is 0.000000830. The topological polar surface area (TPSA) is 38.9 Å². The van der Waals surface area contributed by atoms with E-state index in [1.54, 1.807) is 6.20 Å². The maximum absolute atomic E-state index is 5.29. The van der Waals surface area contributed by atoms with Gasteiger partial charge in [-0.1, -0.05) is 200 Å². The van der Waals surface area contributed by atoms with Crippen molar-refractivity contribution in [3.05, 3.63) is 149 Å². The van der Waals surface area contributed by atoms with E-state index in [1.807, 2.05) is 18.2 Å². The van der Waals surface area contributed by atoms with Crippen LogP contribution < -0.4 is 27.0 Å². The van der Waals surface area contributed by atoms with E-state index >= 15 is 0 Å². The van der Waals surface area contributed by atoms with E-state index in [9.17, 15) is 0 Å². The van der Waals surface area contributed by atoms with Gasteiger partial charge >= 0.3 is 0 Å². The Kier molecular flexibility index (Phi) is 17.0. The van der Waals surface area contributed by atoms with Gasteiger partial charge in [0.1, 0.15) is 0 Å². The molecule has 0 aliphatic heterocycles. The molecule has 0 saturated carbocycles. The van der Waals surface area contributed by atoms with Crippen molar-refractivity contribution >= 4 is 37.1 Å². The molecule has 56 heavy (non-hydrogen) atoms. The molecule has 0 amide bonds. The van der Waals surface area contributed by atoms with Crippen LogP contribution in [0.4, 0.5) is 0 Å². The molecule has 1 heterocycles. The standard InChI is InChI=1S/C45H62P2.C6H8N2.Ru/c1-32(46(38-23-15-34(16-24-38)42(3,4)5)39-25-17-35(18-26-39)43(6,7)8)31-33(2)47(40-27-19-36(20-28-40)44(9,10)11)41-29-21-37(22-30-41)45(12,13)14;7-5-6-3-1-2-4-8-6;/h15-30,32-33H,31H2,1-14H3;1-4H,5,7H2;/t32-,33-;;/m0../s1. The summed E-state index contributed by atoms with van der Waals surface area (Å²) in [6.45, 7) is 33.3. The maximum Gasteiger partial charge on any atom is 0.0539 e. The molecule has 5 heteroatoms. The minimum absolute atomic E-state index is 0. The number of pyridine rings is 1. The van der Waals surface area contributed by atoms with Crippen LogP contribution in [0.2, 0.25) is 0 Å². The van der Waals surface area contributed by atoms with E-state index in [0.29, 0.717) is 17.9 Å². The summed E-state index contributed by atoms with van der Waals surface area (Å²) in [4.78, 5) is 3.97. The first-order valence-corrected chi connectivity index (χ1v) is 23.0. The van der Waals surface area contributed by atoms with Crippen LogP contribution in [0.15, 0.2) is 121 Å². The molecule has 0 fully saturated rings. The number of nitrogens with two attached hydrogens (primary N) is 1. The summed E-state index contributed by atoms with van der Waals surface area (Å²) in [6.07, 6.45) is 2.92. The Labute approximate surface area is 357 Å². The van der Waals surface area contributed by atoms with Crippen LogP contribution in [-0.4, -0.2) is 16.3 Å². The van der Waals surface area contributed by atoms with Gasteiger partial charge in [0, 0.05) is 32.2 Å². The average Bonchev–Trinajstić information content (AvgIpc) is 3.12. The molecular weight excluding hydrogens is 804 g/mol. The van der Waals surface area contributed by atoms with Crippen LogP contribution in [0, 0.1) is 0 Å². The Morgan fingerprint density at radius 2 is 0.714 bits per heavy atom. The molecule has 0 aliphatic carbocycles. The zero-order chi connectivity index (χ0) is 40.8. The Bertz CT molecular complexity index is 1650. The summed E-state index contributed by atoms with van der Waals surface area (Å²) >= 11 is 0. The largest absolute Gasteiger partial charge is 0.325 e. The summed E-state index contributed by atoms with van der Waals surface area (Å²) in [5, 5.41) is 5.96. The van der Waals surface area contributed by atoms with Gasteiger partial charge in [0.2, 0.25) is 0 Å². The predicted octanol–water partition coefficient (Wildman–Crippen LogP) is 12.1. The quantitative estimate of drug-likeness (QED) is 0.118. The molecule has 1 aromatic heterocycles. The first-order chi connectivity index (χ1) is 25.6. The molecule has 5 aromatic rings. The average molecular weight is 874 g/mol. The molecule has 0 unspecified atom stereocenters. The molecule has 0 saturated heterocycles. The van der Waals surface area contributed by atoms with Gasteiger partial charge < -0.3 is 5.73 Å². The molecule has 2 N–H and O–H groups in total. The number of nitrogens with zero attached hydrogens (tertiary/aromatic N) is 1. The van der Waals surface area contributed by atoms with Crippen LogP contribution in [0.1, 0.15) is 131 Å². The number of hydrogen-bond acceptors (Lipinski definition) is 2. The summed E-state index contributed by atoms with van der Waals surface area (Å²) in [5.41, 5.74) is 13.5. The Morgan fingerprint density at radius 3 is 0.893 bits per heavy atom. The van der Waals surface area contributed by atoms with Crippen molar-refractivity contribution in [3.8, 4) is 0 Å². The molecule has 2 atom stereocenters. The first kappa shape index (κ1) is 47.8. The van der Waals surface area contributed by atoms with Crippen molar-refractivity contribution in [2.75, 3.05) is 0 Å². The number of aromatic nitrogens is 1. The molecule has 4 aromatic carbocycles. The monoisotopic (exact) mass is 874 g/mol. The molecule has 0 radical (unpaired) electrons. The summed E-state index contributed by atoms with van der Waals surface area (Å²) < 4.78 is 0. The van der Waals surface area contributed by atoms with Crippen LogP contribution in [-0.2, 0) is 47.7 Å². The predicted molar refractivity (Wildman–Crippen MR) is 249 cm³/mol. The third-order valence-corrected chi connectivity index (χ3v) is 16.1. The summed E-state index contributed by atoms with van der Waals surface area (Å²) in [6, 6.07) is 44.2. The fraction of sp³-hybridized carbons (Fsp3) is 0.431. The van der Waals surface area contributed by atoms with Gasteiger partial charge in [-0.2, -0.15) is 0 Å². The van der Waals surface area contributed by atoms with Gasteiger partial charge in [0.25, 0.3) is 0 Å². The van der Waals surface area contributed by atoms with Crippen molar-refractivity contribution in [3.63, 3.8) is 0 Å². The number of rotatable bonds is 9.